The van der Waals surface area contributed by atoms with Crippen molar-refractivity contribution in [2.24, 2.45) is 0 Å². The highest BCUT2D eigenvalue weighted by Gasteiger charge is 2.21. The maximum Gasteiger partial charge on any atom is 0.0800 e. The topological polar surface area (TPSA) is 21.1 Å². The molecule has 0 fully saturated rings. The normalized spacial score (nSPS) is 11.7. The molecule has 8 aromatic rings. The third-order valence-corrected chi connectivity index (χ3v) is 7.62. The smallest absolute Gasteiger partial charge is 0.0800 e. The number of pyridine rings is 1. The molecule has 0 saturated carbocycles. The van der Waals surface area contributed by atoms with Gasteiger partial charge >= 0.3 is 0 Å². The van der Waals surface area contributed by atoms with Gasteiger partial charge in [0.2, 0.25) is 0 Å². The van der Waals surface area contributed by atoms with Gasteiger partial charge in [0, 0.05) is 28.6 Å². The number of benzene rings is 6. The highest BCUT2D eigenvalue weighted by molar-refractivity contribution is 6.27. The summed E-state index contributed by atoms with van der Waals surface area (Å²) >= 11 is 0. The molecule has 0 spiro atoms. The molecule has 0 aliphatic rings. The van der Waals surface area contributed by atoms with Crippen molar-refractivity contribution in [3.05, 3.63) is 140 Å². The van der Waals surface area contributed by atoms with Crippen molar-refractivity contribution < 1.29 is 0 Å². The van der Waals surface area contributed by atoms with Gasteiger partial charge < -0.3 is 0 Å². The molecule has 0 atom stereocenters. The largest absolute Gasteiger partial charge is 0.265 e. The van der Waals surface area contributed by atoms with Crippen LogP contribution in [0.2, 0.25) is 0 Å². The summed E-state index contributed by atoms with van der Waals surface area (Å²) in [5, 5.41) is 12.3. The van der Waals surface area contributed by atoms with E-state index in [9.17, 15) is 0 Å². The molecule has 0 radical (unpaired) electrons. The molecule has 0 N–H and O–H groups in total. The Morgan fingerprint density at radius 1 is 0.447 bits per heavy atom. The van der Waals surface area contributed by atoms with E-state index < -0.39 is 0 Å². The quantitative estimate of drug-likeness (QED) is 0.233. The van der Waals surface area contributed by atoms with Crippen molar-refractivity contribution >= 4 is 65.5 Å². The molecular weight excluding hydrogens is 462 g/mol. The van der Waals surface area contributed by atoms with Crippen molar-refractivity contribution in [1.29, 1.82) is 0 Å². The molecule has 0 saturated heterocycles. The Kier molecular flexibility index (Phi) is 4.52. The fraction of sp³-hybridized carbons (Fsp3) is 0. The molecule has 2 aromatic heterocycles. The van der Waals surface area contributed by atoms with Gasteiger partial charge in [-0.15, -0.1) is 0 Å². The number of anilines is 2. The molecule has 178 valence electrons. The second-order valence-electron chi connectivity index (χ2n) is 9.69. The van der Waals surface area contributed by atoms with Crippen LogP contribution in [0.3, 0.4) is 0 Å². The number of rotatable bonds is 3. The molecule has 8 rings (SSSR count). The van der Waals surface area contributed by atoms with Crippen LogP contribution < -0.4 is 5.01 Å². The molecule has 38 heavy (non-hydrogen) atoms. The zero-order valence-electron chi connectivity index (χ0n) is 20.6. The van der Waals surface area contributed by atoms with Crippen LogP contribution in [0.4, 0.5) is 11.4 Å². The van der Waals surface area contributed by atoms with Crippen LogP contribution in [0.15, 0.2) is 140 Å². The zero-order valence-corrected chi connectivity index (χ0v) is 20.6. The van der Waals surface area contributed by atoms with Crippen molar-refractivity contribution in [2.45, 2.75) is 0 Å². The van der Waals surface area contributed by atoms with Gasteiger partial charge in [0.05, 0.1) is 22.4 Å². The third-order valence-electron chi connectivity index (χ3n) is 7.62. The number of aromatic nitrogens is 2. The Labute approximate surface area is 219 Å². The number of hydrogen-bond acceptors (Lipinski definition) is 2. The van der Waals surface area contributed by atoms with Crippen molar-refractivity contribution in [1.82, 2.24) is 9.66 Å². The van der Waals surface area contributed by atoms with E-state index in [-0.39, 0.29) is 0 Å². The maximum atomic E-state index is 4.31. The first kappa shape index (κ1) is 21.0. The van der Waals surface area contributed by atoms with Crippen LogP contribution in [-0.4, -0.2) is 9.66 Å². The molecule has 6 aromatic carbocycles. The van der Waals surface area contributed by atoms with E-state index in [2.05, 4.69) is 142 Å². The first-order valence-electron chi connectivity index (χ1n) is 12.9. The zero-order chi connectivity index (χ0) is 25.1. The Morgan fingerprint density at radius 2 is 1.08 bits per heavy atom. The molecule has 0 aliphatic heterocycles. The minimum atomic E-state index is 1.05. The Morgan fingerprint density at radius 3 is 1.92 bits per heavy atom. The van der Waals surface area contributed by atoms with Crippen LogP contribution in [0.1, 0.15) is 0 Å². The van der Waals surface area contributed by atoms with E-state index in [0.29, 0.717) is 0 Å². The van der Waals surface area contributed by atoms with Gasteiger partial charge in [0.15, 0.2) is 0 Å². The molecule has 0 aliphatic carbocycles. The maximum absolute atomic E-state index is 4.31. The summed E-state index contributed by atoms with van der Waals surface area (Å²) in [7, 11) is 0. The summed E-state index contributed by atoms with van der Waals surface area (Å²) in [5.74, 6) is 0. The molecule has 2 heterocycles. The number of fused-ring (bicyclic) bond motifs is 9. The summed E-state index contributed by atoms with van der Waals surface area (Å²) in [6.07, 6.45) is 3.72. The molecule has 0 bridgehead atoms. The van der Waals surface area contributed by atoms with Crippen LogP contribution in [0.25, 0.3) is 54.1 Å². The lowest BCUT2D eigenvalue weighted by molar-refractivity contribution is 0.887. The van der Waals surface area contributed by atoms with E-state index in [1.807, 2.05) is 12.4 Å². The Hall–Kier alpha value is -5.15. The molecular formula is C35H23N3. The van der Waals surface area contributed by atoms with Gasteiger partial charge in [0.25, 0.3) is 0 Å². The first-order chi connectivity index (χ1) is 18.9. The Balaban J connectivity index is 1.61. The first-order valence-corrected chi connectivity index (χ1v) is 12.9. The van der Waals surface area contributed by atoms with Gasteiger partial charge in [-0.2, -0.15) is 0 Å². The van der Waals surface area contributed by atoms with E-state index in [1.54, 1.807) is 0 Å². The Bertz CT molecular complexity index is 2090. The van der Waals surface area contributed by atoms with Crippen LogP contribution >= 0.6 is 0 Å². The van der Waals surface area contributed by atoms with Gasteiger partial charge in [-0.25, -0.2) is 9.69 Å². The van der Waals surface area contributed by atoms with Gasteiger partial charge in [-0.1, -0.05) is 97.1 Å². The average molecular weight is 486 g/mol. The lowest BCUT2D eigenvalue weighted by Gasteiger charge is -2.28. The summed E-state index contributed by atoms with van der Waals surface area (Å²) < 4.78 is 2.40. The monoisotopic (exact) mass is 485 g/mol. The predicted octanol–water partition coefficient (Wildman–Crippen LogP) is 9.25. The summed E-state index contributed by atoms with van der Waals surface area (Å²) in [4.78, 5) is 4.31. The summed E-state index contributed by atoms with van der Waals surface area (Å²) in [6, 6.07) is 45.7. The number of nitrogens with zero attached hydrogens (tertiary/aromatic N) is 3. The highest BCUT2D eigenvalue weighted by Crippen LogP contribution is 2.41. The minimum absolute atomic E-state index is 1.05. The van der Waals surface area contributed by atoms with Crippen LogP contribution in [0.5, 0.6) is 0 Å². The fourth-order valence-corrected chi connectivity index (χ4v) is 5.98. The second kappa shape index (κ2) is 8.19. The second-order valence-corrected chi connectivity index (χ2v) is 9.69. The van der Waals surface area contributed by atoms with Crippen LogP contribution in [-0.2, 0) is 0 Å². The standard InChI is InChI=1S/C35H23N3/c1-2-9-26(10-3-1)37(27-20-22-36-23-21-27)38-33-13-7-6-12-30(33)32-19-16-25-15-17-29-28-11-5-4-8-24(28)14-18-31(29)34(25)35(32)38/h1-23H. The van der Waals surface area contributed by atoms with E-state index >= 15 is 0 Å². The molecule has 0 unspecified atom stereocenters. The van der Waals surface area contributed by atoms with E-state index in [1.165, 1.54) is 48.6 Å². The minimum Gasteiger partial charge on any atom is -0.265 e. The van der Waals surface area contributed by atoms with Gasteiger partial charge in [-0.3, -0.25) is 4.98 Å². The van der Waals surface area contributed by atoms with Gasteiger partial charge in [0.1, 0.15) is 0 Å². The fourth-order valence-electron chi connectivity index (χ4n) is 5.98. The van der Waals surface area contributed by atoms with Crippen molar-refractivity contribution in [2.75, 3.05) is 5.01 Å². The highest BCUT2D eigenvalue weighted by atomic mass is 15.6. The number of para-hydroxylation sites is 2. The van der Waals surface area contributed by atoms with Crippen molar-refractivity contribution in [3.8, 4) is 0 Å². The molecule has 3 nitrogen and oxygen atoms in total. The lowest BCUT2D eigenvalue weighted by atomic mass is 9.95. The van der Waals surface area contributed by atoms with E-state index in [0.717, 1.165) is 16.9 Å². The van der Waals surface area contributed by atoms with Crippen molar-refractivity contribution in [3.63, 3.8) is 0 Å². The summed E-state index contributed by atoms with van der Waals surface area (Å²) in [6.45, 7) is 0. The van der Waals surface area contributed by atoms with Crippen LogP contribution in [0, 0.1) is 0 Å². The van der Waals surface area contributed by atoms with Gasteiger partial charge in [-0.05, 0) is 57.3 Å². The van der Waals surface area contributed by atoms with E-state index in [4.69, 9.17) is 0 Å². The number of hydrogen-bond donors (Lipinski definition) is 0. The third kappa shape index (κ3) is 2.99. The molecule has 0 amide bonds. The molecule has 3 heteroatoms. The average Bonchev–Trinajstić information content (AvgIpc) is 3.32. The lowest BCUT2D eigenvalue weighted by Crippen LogP contribution is -2.24. The SMILES string of the molecule is c1ccc(N(c2ccncc2)n2c3ccccc3c3ccc4ccc5c6ccccc6ccc5c4c32)cc1. The summed E-state index contributed by atoms with van der Waals surface area (Å²) in [5.41, 5.74) is 4.50. The predicted molar refractivity (Wildman–Crippen MR) is 160 cm³/mol.